The number of benzene rings is 3. The standard InChI is InChI=1S/C23H20Cl2N2O5S/c1-15-5-3-4-6-21(15)27(33(30,31)18-10-7-16(24)8-11-18)14-22(28)26-17-9-12-20(25)19(13-17)23(29)32-2/h3-13H,14H2,1-2H3,(H,26,28). The highest BCUT2D eigenvalue weighted by Crippen LogP contribution is 2.28. The summed E-state index contributed by atoms with van der Waals surface area (Å²) in [5.74, 6) is -1.28. The molecule has 7 nitrogen and oxygen atoms in total. The molecule has 0 fully saturated rings. The zero-order chi connectivity index (χ0) is 24.2. The fourth-order valence-corrected chi connectivity index (χ4v) is 4.88. The number of aryl methyl sites for hydroxylation is 1. The van der Waals surface area contributed by atoms with Gasteiger partial charge in [-0.05, 0) is 61.0 Å². The maximum absolute atomic E-state index is 13.4. The van der Waals surface area contributed by atoms with Gasteiger partial charge in [0.05, 0.1) is 28.3 Å². The van der Waals surface area contributed by atoms with E-state index in [4.69, 9.17) is 23.2 Å². The predicted molar refractivity (Wildman–Crippen MR) is 129 cm³/mol. The van der Waals surface area contributed by atoms with Crippen LogP contribution in [0.15, 0.2) is 71.6 Å². The topological polar surface area (TPSA) is 92.8 Å². The highest BCUT2D eigenvalue weighted by molar-refractivity contribution is 7.92. The number of nitrogens with zero attached hydrogens (tertiary/aromatic N) is 1. The lowest BCUT2D eigenvalue weighted by Gasteiger charge is -2.25. The fourth-order valence-electron chi connectivity index (χ4n) is 3.08. The van der Waals surface area contributed by atoms with Gasteiger partial charge in [0.15, 0.2) is 0 Å². The van der Waals surface area contributed by atoms with Crippen LogP contribution in [0, 0.1) is 6.92 Å². The molecule has 172 valence electrons. The molecule has 0 radical (unpaired) electrons. The Morgan fingerprint density at radius 3 is 2.30 bits per heavy atom. The number of rotatable bonds is 7. The average Bonchev–Trinajstić information content (AvgIpc) is 2.79. The molecule has 0 atom stereocenters. The summed E-state index contributed by atoms with van der Waals surface area (Å²) >= 11 is 11.9. The van der Waals surface area contributed by atoms with Crippen LogP contribution in [0.1, 0.15) is 15.9 Å². The van der Waals surface area contributed by atoms with Crippen molar-refractivity contribution < 1.29 is 22.7 Å². The second kappa shape index (κ2) is 10.2. The van der Waals surface area contributed by atoms with Gasteiger partial charge >= 0.3 is 5.97 Å². The van der Waals surface area contributed by atoms with Gasteiger partial charge in [0, 0.05) is 10.7 Å². The van der Waals surface area contributed by atoms with E-state index < -0.39 is 28.4 Å². The Labute approximate surface area is 201 Å². The minimum absolute atomic E-state index is 0.0116. The molecule has 3 rings (SSSR count). The molecule has 0 spiro atoms. The van der Waals surface area contributed by atoms with E-state index in [9.17, 15) is 18.0 Å². The van der Waals surface area contributed by atoms with Gasteiger partial charge in [0.2, 0.25) is 5.91 Å². The maximum Gasteiger partial charge on any atom is 0.339 e. The van der Waals surface area contributed by atoms with Gasteiger partial charge in [-0.2, -0.15) is 0 Å². The van der Waals surface area contributed by atoms with Gasteiger partial charge < -0.3 is 10.1 Å². The summed E-state index contributed by atoms with van der Waals surface area (Å²) in [6, 6.07) is 16.8. The van der Waals surface area contributed by atoms with E-state index in [0.29, 0.717) is 16.3 Å². The second-order valence-electron chi connectivity index (χ2n) is 6.99. The SMILES string of the molecule is COC(=O)c1cc(NC(=O)CN(c2ccccc2C)S(=O)(=O)c2ccc(Cl)cc2)ccc1Cl. The average molecular weight is 507 g/mol. The summed E-state index contributed by atoms with van der Waals surface area (Å²) in [5.41, 5.74) is 1.36. The van der Waals surface area contributed by atoms with E-state index in [1.807, 2.05) is 0 Å². The van der Waals surface area contributed by atoms with Crippen LogP contribution in [0.2, 0.25) is 10.0 Å². The number of esters is 1. The molecule has 33 heavy (non-hydrogen) atoms. The van der Waals surface area contributed by atoms with Crippen molar-refractivity contribution in [3.63, 3.8) is 0 Å². The first-order valence-corrected chi connectivity index (χ1v) is 11.8. The molecular weight excluding hydrogens is 487 g/mol. The molecule has 0 aromatic heterocycles. The largest absolute Gasteiger partial charge is 0.465 e. The number of halogens is 2. The zero-order valence-corrected chi connectivity index (χ0v) is 20.0. The molecule has 0 unspecified atom stereocenters. The summed E-state index contributed by atoms with van der Waals surface area (Å²) in [6.07, 6.45) is 0. The number of hydrogen-bond donors (Lipinski definition) is 1. The Kier molecular flexibility index (Phi) is 7.63. The Bertz CT molecular complexity index is 1290. The Morgan fingerprint density at radius 2 is 1.67 bits per heavy atom. The molecule has 0 aliphatic rings. The number of carbonyl (C=O) groups excluding carboxylic acids is 2. The molecule has 0 aliphatic heterocycles. The van der Waals surface area contributed by atoms with Crippen molar-refractivity contribution in [2.45, 2.75) is 11.8 Å². The van der Waals surface area contributed by atoms with Crippen molar-refractivity contribution in [3.05, 3.63) is 87.9 Å². The number of sulfonamides is 1. The van der Waals surface area contributed by atoms with Crippen LogP contribution in [0.5, 0.6) is 0 Å². The van der Waals surface area contributed by atoms with E-state index in [2.05, 4.69) is 10.1 Å². The van der Waals surface area contributed by atoms with Gasteiger partial charge in [0.1, 0.15) is 6.54 Å². The molecule has 0 saturated carbocycles. The van der Waals surface area contributed by atoms with Crippen LogP contribution >= 0.6 is 23.2 Å². The third-order valence-electron chi connectivity index (χ3n) is 4.73. The fraction of sp³-hybridized carbons (Fsp3) is 0.130. The molecule has 3 aromatic rings. The third-order valence-corrected chi connectivity index (χ3v) is 7.08. The van der Waals surface area contributed by atoms with Gasteiger partial charge in [-0.25, -0.2) is 13.2 Å². The Morgan fingerprint density at radius 1 is 1.00 bits per heavy atom. The Hall–Kier alpha value is -3.07. The molecule has 10 heteroatoms. The first-order chi connectivity index (χ1) is 15.6. The quantitative estimate of drug-likeness (QED) is 0.459. The maximum atomic E-state index is 13.4. The Balaban J connectivity index is 1.94. The number of anilines is 2. The number of amides is 1. The van der Waals surface area contributed by atoms with Crippen molar-refractivity contribution in [2.24, 2.45) is 0 Å². The third kappa shape index (κ3) is 5.65. The summed E-state index contributed by atoms with van der Waals surface area (Å²) in [5, 5.41) is 3.15. The molecule has 3 aromatic carbocycles. The highest BCUT2D eigenvalue weighted by atomic mass is 35.5. The van der Waals surface area contributed by atoms with Crippen molar-refractivity contribution in [1.29, 1.82) is 0 Å². The number of methoxy groups -OCH3 is 1. The van der Waals surface area contributed by atoms with E-state index in [0.717, 1.165) is 4.31 Å². The van der Waals surface area contributed by atoms with Crippen molar-refractivity contribution in [2.75, 3.05) is 23.3 Å². The normalized spacial score (nSPS) is 11.0. The minimum Gasteiger partial charge on any atom is -0.465 e. The minimum atomic E-state index is -4.09. The molecule has 0 bridgehead atoms. The van der Waals surface area contributed by atoms with Crippen molar-refractivity contribution >= 4 is 56.5 Å². The predicted octanol–water partition coefficient (Wildman–Crippen LogP) is 4.92. The molecule has 0 aliphatic carbocycles. The van der Waals surface area contributed by atoms with Crippen LogP contribution in [0.3, 0.4) is 0 Å². The van der Waals surface area contributed by atoms with E-state index in [-0.39, 0.29) is 21.2 Å². The smallest absolute Gasteiger partial charge is 0.339 e. The van der Waals surface area contributed by atoms with Gasteiger partial charge in [-0.3, -0.25) is 9.10 Å². The summed E-state index contributed by atoms with van der Waals surface area (Å²) in [4.78, 5) is 24.7. The van der Waals surface area contributed by atoms with Crippen molar-refractivity contribution in [3.8, 4) is 0 Å². The van der Waals surface area contributed by atoms with Crippen LogP contribution in [-0.4, -0.2) is 33.9 Å². The van der Waals surface area contributed by atoms with Crippen LogP contribution in [-0.2, 0) is 19.6 Å². The second-order valence-corrected chi connectivity index (χ2v) is 9.69. The van der Waals surface area contributed by atoms with E-state index >= 15 is 0 Å². The lowest BCUT2D eigenvalue weighted by Crippen LogP contribution is -2.38. The first-order valence-electron chi connectivity index (χ1n) is 9.65. The number of nitrogens with one attached hydrogen (secondary N) is 1. The van der Waals surface area contributed by atoms with Crippen LogP contribution in [0.4, 0.5) is 11.4 Å². The molecular formula is C23H20Cl2N2O5S. The summed E-state index contributed by atoms with van der Waals surface area (Å²) in [7, 11) is -2.88. The number of carbonyl (C=O) groups is 2. The first kappa shape index (κ1) is 24.6. The van der Waals surface area contributed by atoms with Crippen LogP contribution < -0.4 is 9.62 Å². The highest BCUT2D eigenvalue weighted by Gasteiger charge is 2.28. The lowest BCUT2D eigenvalue weighted by atomic mass is 10.2. The monoisotopic (exact) mass is 506 g/mol. The van der Waals surface area contributed by atoms with Gasteiger partial charge in [-0.1, -0.05) is 41.4 Å². The number of ether oxygens (including phenoxy) is 1. The van der Waals surface area contributed by atoms with Crippen LogP contribution in [0.25, 0.3) is 0 Å². The lowest BCUT2D eigenvalue weighted by molar-refractivity contribution is -0.114. The molecule has 1 amide bonds. The van der Waals surface area contributed by atoms with Gasteiger partial charge in [0.25, 0.3) is 10.0 Å². The van der Waals surface area contributed by atoms with Gasteiger partial charge in [-0.15, -0.1) is 0 Å². The molecule has 0 saturated heterocycles. The summed E-state index contributed by atoms with van der Waals surface area (Å²) in [6.45, 7) is 1.24. The number of para-hydroxylation sites is 1. The van der Waals surface area contributed by atoms with E-state index in [1.165, 1.54) is 49.6 Å². The van der Waals surface area contributed by atoms with E-state index in [1.54, 1.807) is 31.2 Å². The molecule has 0 heterocycles. The summed E-state index contributed by atoms with van der Waals surface area (Å²) < 4.78 is 32.6. The number of hydrogen-bond acceptors (Lipinski definition) is 5. The zero-order valence-electron chi connectivity index (χ0n) is 17.7. The van der Waals surface area contributed by atoms with Crippen molar-refractivity contribution in [1.82, 2.24) is 0 Å². The molecule has 1 N–H and O–H groups in total.